The normalized spacial score (nSPS) is 17.5. The average molecular weight is 222 g/mol. The zero-order valence-corrected chi connectivity index (χ0v) is 9.35. The van der Waals surface area contributed by atoms with Gasteiger partial charge < -0.3 is 15.2 Å². The molecule has 1 aromatic rings. The van der Waals surface area contributed by atoms with Crippen molar-refractivity contribution in [2.45, 2.75) is 19.4 Å². The van der Waals surface area contributed by atoms with E-state index in [1.807, 2.05) is 6.07 Å². The number of aromatic nitrogens is 1. The Morgan fingerprint density at radius 1 is 1.38 bits per heavy atom. The maximum atomic E-state index is 9.09. The van der Waals surface area contributed by atoms with E-state index in [1.165, 1.54) is 6.20 Å². The number of rotatable bonds is 4. The molecule has 2 N–H and O–H groups in total. The highest BCUT2D eigenvalue weighted by atomic mass is 16.5. The van der Waals surface area contributed by atoms with Crippen LogP contribution in [0.2, 0.25) is 0 Å². The molecule has 2 rings (SSSR count). The van der Waals surface area contributed by atoms with Gasteiger partial charge in [-0.1, -0.05) is 0 Å². The van der Waals surface area contributed by atoms with Gasteiger partial charge in [-0.3, -0.25) is 4.98 Å². The lowest BCUT2D eigenvalue weighted by atomic mass is 10.0. The van der Waals surface area contributed by atoms with E-state index < -0.39 is 0 Å². The van der Waals surface area contributed by atoms with Crippen LogP contribution < -0.4 is 5.32 Å². The predicted molar refractivity (Wildman–Crippen MR) is 61.2 cm³/mol. The summed E-state index contributed by atoms with van der Waals surface area (Å²) in [6, 6.07) is 3.50. The molecule has 4 heteroatoms. The van der Waals surface area contributed by atoms with Gasteiger partial charge in [0.25, 0.3) is 0 Å². The first kappa shape index (κ1) is 11.4. The largest absolute Gasteiger partial charge is 0.506 e. The van der Waals surface area contributed by atoms with Crippen LogP contribution in [-0.2, 0) is 11.3 Å². The van der Waals surface area contributed by atoms with Gasteiger partial charge in [-0.25, -0.2) is 0 Å². The van der Waals surface area contributed by atoms with Crippen LogP contribution in [0.25, 0.3) is 0 Å². The molecule has 4 nitrogen and oxygen atoms in total. The molecule has 1 aliphatic heterocycles. The maximum absolute atomic E-state index is 9.09. The molecule has 88 valence electrons. The maximum Gasteiger partial charge on any atom is 0.133 e. The monoisotopic (exact) mass is 222 g/mol. The zero-order chi connectivity index (χ0) is 11.2. The zero-order valence-electron chi connectivity index (χ0n) is 9.35. The molecule has 2 heterocycles. The average Bonchev–Trinajstić information content (AvgIpc) is 2.33. The molecule has 0 radical (unpaired) electrons. The lowest BCUT2D eigenvalue weighted by Gasteiger charge is -2.22. The molecule has 1 aromatic heterocycles. The number of nitrogens with one attached hydrogen (secondary N) is 1. The number of hydrogen-bond donors (Lipinski definition) is 2. The highest BCUT2D eigenvalue weighted by Gasteiger charge is 2.12. The van der Waals surface area contributed by atoms with Gasteiger partial charge in [0, 0.05) is 19.8 Å². The van der Waals surface area contributed by atoms with Crippen molar-refractivity contribution in [2.24, 2.45) is 5.92 Å². The van der Waals surface area contributed by atoms with Crippen LogP contribution >= 0.6 is 0 Å². The van der Waals surface area contributed by atoms with Crippen molar-refractivity contribution in [2.75, 3.05) is 19.8 Å². The van der Waals surface area contributed by atoms with Crippen molar-refractivity contribution >= 4 is 0 Å². The Bertz CT molecular complexity index is 307. The Hall–Kier alpha value is -1.13. The van der Waals surface area contributed by atoms with Crippen molar-refractivity contribution in [3.05, 3.63) is 24.0 Å². The van der Waals surface area contributed by atoms with Crippen LogP contribution in [0.15, 0.2) is 18.3 Å². The van der Waals surface area contributed by atoms with Gasteiger partial charge >= 0.3 is 0 Å². The quantitative estimate of drug-likeness (QED) is 0.806. The van der Waals surface area contributed by atoms with Gasteiger partial charge in [-0.2, -0.15) is 0 Å². The van der Waals surface area contributed by atoms with E-state index in [0.29, 0.717) is 0 Å². The molecule has 0 saturated carbocycles. The summed E-state index contributed by atoms with van der Waals surface area (Å²) < 4.78 is 5.31. The Balaban J connectivity index is 1.69. The molecule has 0 atom stereocenters. The highest BCUT2D eigenvalue weighted by Crippen LogP contribution is 2.13. The molecular formula is C12H18N2O2. The van der Waals surface area contributed by atoms with Gasteiger partial charge in [0.05, 0.1) is 11.9 Å². The van der Waals surface area contributed by atoms with E-state index in [-0.39, 0.29) is 5.75 Å². The summed E-state index contributed by atoms with van der Waals surface area (Å²) >= 11 is 0. The summed E-state index contributed by atoms with van der Waals surface area (Å²) in [5.74, 6) is 0.944. The molecule has 16 heavy (non-hydrogen) atoms. The molecule has 0 spiro atoms. The lowest BCUT2D eigenvalue weighted by Crippen LogP contribution is -2.27. The van der Waals surface area contributed by atoms with Crippen LogP contribution in [-0.4, -0.2) is 29.8 Å². The minimum atomic E-state index is 0.216. The van der Waals surface area contributed by atoms with Crippen LogP contribution in [0.4, 0.5) is 0 Å². The highest BCUT2D eigenvalue weighted by molar-refractivity contribution is 5.17. The third-order valence-corrected chi connectivity index (χ3v) is 2.89. The van der Waals surface area contributed by atoms with Crippen LogP contribution in [0, 0.1) is 5.92 Å². The fourth-order valence-electron chi connectivity index (χ4n) is 1.88. The fourth-order valence-corrected chi connectivity index (χ4v) is 1.88. The van der Waals surface area contributed by atoms with E-state index in [9.17, 15) is 0 Å². The Morgan fingerprint density at radius 2 is 2.19 bits per heavy atom. The third-order valence-electron chi connectivity index (χ3n) is 2.89. The van der Waals surface area contributed by atoms with Crippen molar-refractivity contribution in [1.29, 1.82) is 0 Å². The second-order valence-electron chi connectivity index (χ2n) is 4.19. The molecule has 0 aromatic carbocycles. The summed E-state index contributed by atoms with van der Waals surface area (Å²) in [6.07, 6.45) is 3.78. The third kappa shape index (κ3) is 3.47. The van der Waals surface area contributed by atoms with Gasteiger partial charge in [-0.05, 0) is 37.4 Å². The number of aromatic hydroxyl groups is 1. The molecule has 0 aliphatic carbocycles. The fraction of sp³-hybridized carbons (Fsp3) is 0.583. The van der Waals surface area contributed by atoms with Crippen LogP contribution in [0.5, 0.6) is 5.75 Å². The minimum Gasteiger partial charge on any atom is -0.506 e. The number of hydrogen-bond acceptors (Lipinski definition) is 4. The molecule has 1 fully saturated rings. The number of pyridine rings is 1. The first-order valence-corrected chi connectivity index (χ1v) is 5.77. The molecule has 0 bridgehead atoms. The Labute approximate surface area is 95.7 Å². The van der Waals surface area contributed by atoms with E-state index in [0.717, 1.165) is 50.8 Å². The molecule has 1 aliphatic rings. The number of nitrogens with zero attached hydrogens (tertiary/aromatic N) is 1. The Kier molecular flexibility index (Phi) is 4.13. The van der Waals surface area contributed by atoms with Crippen molar-refractivity contribution < 1.29 is 9.84 Å². The van der Waals surface area contributed by atoms with Crippen LogP contribution in [0.3, 0.4) is 0 Å². The van der Waals surface area contributed by atoms with E-state index in [4.69, 9.17) is 9.84 Å². The van der Waals surface area contributed by atoms with Crippen molar-refractivity contribution in [3.63, 3.8) is 0 Å². The SMILES string of the molecule is Oc1ccc(CNCC2CCOCC2)nc1. The first-order valence-electron chi connectivity index (χ1n) is 5.77. The summed E-state index contributed by atoms with van der Waals surface area (Å²) in [4.78, 5) is 4.12. The van der Waals surface area contributed by atoms with Crippen molar-refractivity contribution in [1.82, 2.24) is 10.3 Å². The summed E-state index contributed by atoms with van der Waals surface area (Å²) in [5, 5.41) is 12.5. The second-order valence-corrected chi connectivity index (χ2v) is 4.19. The topological polar surface area (TPSA) is 54.4 Å². The van der Waals surface area contributed by atoms with Gasteiger partial charge in [-0.15, -0.1) is 0 Å². The molecule has 0 amide bonds. The predicted octanol–water partition coefficient (Wildman–Crippen LogP) is 1.30. The first-order chi connectivity index (χ1) is 7.84. The van der Waals surface area contributed by atoms with Crippen LogP contribution in [0.1, 0.15) is 18.5 Å². The van der Waals surface area contributed by atoms with Gasteiger partial charge in [0.2, 0.25) is 0 Å². The van der Waals surface area contributed by atoms with E-state index in [2.05, 4.69) is 10.3 Å². The standard InChI is InChI=1S/C12H18N2O2/c15-12-2-1-11(14-9-12)8-13-7-10-3-5-16-6-4-10/h1-2,9-10,13,15H,3-8H2. The summed E-state index contributed by atoms with van der Waals surface area (Å²) in [5.41, 5.74) is 0.963. The molecular weight excluding hydrogens is 204 g/mol. The molecule has 1 saturated heterocycles. The smallest absolute Gasteiger partial charge is 0.133 e. The number of ether oxygens (including phenoxy) is 1. The van der Waals surface area contributed by atoms with Crippen molar-refractivity contribution in [3.8, 4) is 5.75 Å². The van der Waals surface area contributed by atoms with E-state index >= 15 is 0 Å². The molecule has 0 unspecified atom stereocenters. The summed E-state index contributed by atoms with van der Waals surface area (Å²) in [6.45, 7) is 3.57. The van der Waals surface area contributed by atoms with Gasteiger partial charge in [0.15, 0.2) is 0 Å². The summed E-state index contributed by atoms with van der Waals surface area (Å²) in [7, 11) is 0. The lowest BCUT2D eigenvalue weighted by molar-refractivity contribution is 0.0662. The van der Waals surface area contributed by atoms with E-state index in [1.54, 1.807) is 6.07 Å². The van der Waals surface area contributed by atoms with Gasteiger partial charge in [0.1, 0.15) is 5.75 Å². The second kappa shape index (κ2) is 5.82. The minimum absolute atomic E-state index is 0.216. The Morgan fingerprint density at radius 3 is 2.88 bits per heavy atom.